The lowest BCUT2D eigenvalue weighted by Gasteiger charge is -2.29. The van der Waals surface area contributed by atoms with Gasteiger partial charge >= 0.3 is 0 Å². The fourth-order valence-corrected chi connectivity index (χ4v) is 2.83. The molecule has 0 bridgehead atoms. The van der Waals surface area contributed by atoms with Gasteiger partial charge in [0.25, 0.3) is 0 Å². The van der Waals surface area contributed by atoms with Crippen LogP contribution in [-0.4, -0.2) is 30.1 Å². The summed E-state index contributed by atoms with van der Waals surface area (Å²) in [6.45, 7) is 6.77. The van der Waals surface area contributed by atoms with E-state index in [1.807, 2.05) is 32.9 Å². The van der Waals surface area contributed by atoms with E-state index in [1.165, 1.54) is 0 Å². The third kappa shape index (κ3) is 3.65. The summed E-state index contributed by atoms with van der Waals surface area (Å²) in [4.78, 5) is 24.5. The number of nitrogens with one attached hydrogen (secondary N) is 2. The van der Waals surface area contributed by atoms with Gasteiger partial charge in [0.1, 0.15) is 5.92 Å². The maximum atomic E-state index is 12.5. The molecule has 3 N–H and O–H groups in total. The zero-order chi connectivity index (χ0) is 16.3. The number of amides is 2. The second-order valence-corrected chi connectivity index (χ2v) is 6.86. The minimum Gasteiger partial charge on any atom is -0.396 e. The predicted octanol–water partition coefficient (Wildman–Crippen LogP) is 1.57. The quantitative estimate of drug-likeness (QED) is 0.739. The smallest absolute Gasteiger partial charge is 0.237 e. The second kappa shape index (κ2) is 6.48. The Hall–Kier alpha value is -1.88. The van der Waals surface area contributed by atoms with E-state index in [4.69, 9.17) is 5.11 Å². The van der Waals surface area contributed by atoms with E-state index >= 15 is 0 Å². The molecule has 120 valence electrons. The van der Waals surface area contributed by atoms with Gasteiger partial charge in [-0.05, 0) is 29.5 Å². The molecule has 0 radical (unpaired) electrons. The molecule has 0 spiro atoms. The highest BCUT2D eigenvalue weighted by Crippen LogP contribution is 2.35. The molecule has 1 fully saturated rings. The number of rotatable bonds is 4. The van der Waals surface area contributed by atoms with Gasteiger partial charge in [-0.1, -0.05) is 32.9 Å². The molecule has 2 atom stereocenters. The van der Waals surface area contributed by atoms with Crippen molar-refractivity contribution < 1.29 is 14.7 Å². The summed E-state index contributed by atoms with van der Waals surface area (Å²) in [6.07, 6.45) is 0.589. The monoisotopic (exact) mass is 304 g/mol. The van der Waals surface area contributed by atoms with E-state index in [2.05, 4.69) is 10.6 Å². The molecule has 0 saturated carbocycles. The van der Waals surface area contributed by atoms with E-state index in [0.29, 0.717) is 18.7 Å². The van der Waals surface area contributed by atoms with E-state index < -0.39 is 5.92 Å². The molecule has 1 aliphatic rings. The number of benzene rings is 1. The summed E-state index contributed by atoms with van der Waals surface area (Å²) in [5.41, 5.74) is 1.55. The number of aliphatic hydroxyl groups excluding tert-OH is 1. The Morgan fingerprint density at radius 1 is 1.32 bits per heavy atom. The minimum absolute atomic E-state index is 0.0198. The lowest BCUT2D eigenvalue weighted by atomic mass is 9.74. The number of hydrogen-bond acceptors (Lipinski definition) is 3. The lowest BCUT2D eigenvalue weighted by Crippen LogP contribution is -2.37. The second-order valence-electron chi connectivity index (χ2n) is 6.86. The van der Waals surface area contributed by atoms with Crippen LogP contribution in [0.2, 0.25) is 0 Å². The molecule has 1 aromatic carbocycles. The predicted molar refractivity (Wildman–Crippen MR) is 85.3 cm³/mol. The van der Waals surface area contributed by atoms with Crippen LogP contribution in [0.25, 0.3) is 0 Å². The van der Waals surface area contributed by atoms with Gasteiger partial charge in [-0.2, -0.15) is 0 Å². The van der Waals surface area contributed by atoms with Crippen LogP contribution >= 0.6 is 0 Å². The highest BCUT2D eigenvalue weighted by atomic mass is 16.3. The highest BCUT2D eigenvalue weighted by Gasteiger charge is 2.45. The molecular formula is C17H24N2O3. The minimum atomic E-state index is -0.655. The summed E-state index contributed by atoms with van der Waals surface area (Å²) in [6, 6.07) is 7.31. The SMILES string of the molecule is CC(C)(C)C1CNC(=O)C1C(=O)Nc1ccc(CCO)cc1. The zero-order valence-corrected chi connectivity index (χ0v) is 13.3. The Morgan fingerprint density at radius 3 is 2.50 bits per heavy atom. The third-order valence-electron chi connectivity index (χ3n) is 4.20. The van der Waals surface area contributed by atoms with Crippen LogP contribution in [0, 0.1) is 17.3 Å². The molecular weight excluding hydrogens is 280 g/mol. The Kier molecular flexibility index (Phi) is 4.86. The van der Waals surface area contributed by atoms with Gasteiger partial charge in [-0.15, -0.1) is 0 Å². The van der Waals surface area contributed by atoms with Crippen molar-refractivity contribution in [1.82, 2.24) is 5.32 Å². The Bertz CT molecular complexity index is 546. The molecule has 1 saturated heterocycles. The van der Waals surface area contributed by atoms with Crippen LogP contribution in [-0.2, 0) is 16.0 Å². The lowest BCUT2D eigenvalue weighted by molar-refractivity contribution is -0.132. The number of aliphatic hydroxyl groups is 1. The summed E-state index contributed by atoms with van der Waals surface area (Å²) < 4.78 is 0. The summed E-state index contributed by atoms with van der Waals surface area (Å²) in [5, 5.41) is 14.5. The van der Waals surface area contributed by atoms with Gasteiger partial charge in [0, 0.05) is 24.8 Å². The maximum Gasteiger partial charge on any atom is 0.237 e. The number of carbonyl (C=O) groups excluding carboxylic acids is 2. The van der Waals surface area contributed by atoms with Crippen molar-refractivity contribution in [2.75, 3.05) is 18.5 Å². The molecule has 2 amide bonds. The van der Waals surface area contributed by atoms with Crippen LogP contribution < -0.4 is 10.6 Å². The zero-order valence-electron chi connectivity index (χ0n) is 13.3. The standard InChI is InChI=1S/C17H24N2O3/c1-17(2,3)13-10-18-15(21)14(13)16(22)19-12-6-4-11(5-7-12)8-9-20/h4-7,13-14,20H,8-10H2,1-3H3,(H,18,21)(H,19,22). The summed E-state index contributed by atoms with van der Waals surface area (Å²) in [5.74, 6) is -1.13. The van der Waals surface area contributed by atoms with Crippen molar-refractivity contribution in [3.05, 3.63) is 29.8 Å². The Morgan fingerprint density at radius 2 is 1.95 bits per heavy atom. The van der Waals surface area contributed by atoms with Gasteiger partial charge in [0.05, 0.1) is 0 Å². The van der Waals surface area contributed by atoms with Crippen LogP contribution in [0.5, 0.6) is 0 Å². The van der Waals surface area contributed by atoms with Crippen molar-refractivity contribution in [3.63, 3.8) is 0 Å². The molecule has 0 aromatic heterocycles. The summed E-state index contributed by atoms with van der Waals surface area (Å²) in [7, 11) is 0. The van der Waals surface area contributed by atoms with Crippen LogP contribution in [0.15, 0.2) is 24.3 Å². The largest absolute Gasteiger partial charge is 0.396 e. The molecule has 2 rings (SSSR count). The first-order chi connectivity index (χ1) is 10.3. The van der Waals surface area contributed by atoms with Crippen LogP contribution in [0.3, 0.4) is 0 Å². The Balaban J connectivity index is 2.08. The highest BCUT2D eigenvalue weighted by molar-refractivity contribution is 6.07. The van der Waals surface area contributed by atoms with Crippen molar-refractivity contribution in [2.45, 2.75) is 27.2 Å². The molecule has 1 heterocycles. The molecule has 22 heavy (non-hydrogen) atoms. The van der Waals surface area contributed by atoms with Crippen LogP contribution in [0.4, 0.5) is 5.69 Å². The van der Waals surface area contributed by atoms with E-state index in [9.17, 15) is 9.59 Å². The summed E-state index contributed by atoms with van der Waals surface area (Å²) >= 11 is 0. The van der Waals surface area contributed by atoms with Crippen molar-refractivity contribution in [2.24, 2.45) is 17.3 Å². The maximum absolute atomic E-state index is 12.5. The van der Waals surface area contributed by atoms with Gasteiger partial charge in [-0.25, -0.2) is 0 Å². The molecule has 5 nitrogen and oxygen atoms in total. The van der Waals surface area contributed by atoms with Gasteiger partial charge in [0.2, 0.25) is 11.8 Å². The number of anilines is 1. The van der Waals surface area contributed by atoms with Crippen molar-refractivity contribution in [3.8, 4) is 0 Å². The molecule has 0 aliphatic carbocycles. The average Bonchev–Trinajstić information content (AvgIpc) is 2.83. The fraction of sp³-hybridized carbons (Fsp3) is 0.529. The van der Waals surface area contributed by atoms with E-state index in [-0.39, 0.29) is 29.8 Å². The molecule has 1 aliphatic heterocycles. The number of carbonyl (C=O) groups is 2. The van der Waals surface area contributed by atoms with Gasteiger partial charge in [0.15, 0.2) is 0 Å². The topological polar surface area (TPSA) is 78.4 Å². The van der Waals surface area contributed by atoms with E-state index in [1.54, 1.807) is 12.1 Å². The van der Waals surface area contributed by atoms with Crippen molar-refractivity contribution in [1.29, 1.82) is 0 Å². The van der Waals surface area contributed by atoms with Crippen LogP contribution in [0.1, 0.15) is 26.3 Å². The average molecular weight is 304 g/mol. The first-order valence-corrected chi connectivity index (χ1v) is 7.61. The third-order valence-corrected chi connectivity index (χ3v) is 4.20. The van der Waals surface area contributed by atoms with E-state index in [0.717, 1.165) is 5.56 Å². The first-order valence-electron chi connectivity index (χ1n) is 7.61. The molecule has 2 unspecified atom stereocenters. The van der Waals surface area contributed by atoms with Gasteiger partial charge in [-0.3, -0.25) is 9.59 Å². The number of hydrogen-bond donors (Lipinski definition) is 3. The van der Waals surface area contributed by atoms with Crippen molar-refractivity contribution >= 4 is 17.5 Å². The molecule has 1 aromatic rings. The first kappa shape index (κ1) is 16.5. The normalized spacial score (nSPS) is 21.5. The van der Waals surface area contributed by atoms with Gasteiger partial charge < -0.3 is 15.7 Å². The fourth-order valence-electron chi connectivity index (χ4n) is 2.83. The molecule has 5 heteroatoms. The Labute approximate surface area is 131 Å².